The summed E-state index contributed by atoms with van der Waals surface area (Å²) in [6, 6.07) is 4.02. The number of nitrogens with zero attached hydrogens (tertiary/aromatic N) is 3. The molecule has 0 aliphatic rings. The van der Waals surface area contributed by atoms with Crippen molar-refractivity contribution >= 4 is 15.9 Å². The fraction of sp³-hybridized carbons (Fsp3) is 0.429. The molecular formula is C14H18BrN3O. The van der Waals surface area contributed by atoms with Gasteiger partial charge in [0, 0.05) is 23.0 Å². The second-order valence-corrected chi connectivity index (χ2v) is 5.80. The van der Waals surface area contributed by atoms with Crippen LogP contribution in [0.1, 0.15) is 48.6 Å². The molecule has 0 amide bonds. The van der Waals surface area contributed by atoms with Crippen molar-refractivity contribution in [2.45, 2.75) is 39.8 Å². The SMILES string of the molecule is Cc1ccc(C(O)c2c(Br)cnn2C(C)C)c(C)n1. The van der Waals surface area contributed by atoms with Crippen LogP contribution in [0.15, 0.2) is 22.8 Å². The van der Waals surface area contributed by atoms with Crippen molar-refractivity contribution in [3.8, 4) is 0 Å². The summed E-state index contributed by atoms with van der Waals surface area (Å²) in [7, 11) is 0. The molecular weight excluding hydrogens is 306 g/mol. The van der Waals surface area contributed by atoms with Crippen molar-refractivity contribution in [1.82, 2.24) is 14.8 Å². The van der Waals surface area contributed by atoms with E-state index in [1.165, 1.54) is 0 Å². The van der Waals surface area contributed by atoms with Gasteiger partial charge in [0.15, 0.2) is 0 Å². The van der Waals surface area contributed by atoms with Crippen LogP contribution in [-0.2, 0) is 0 Å². The smallest absolute Gasteiger partial charge is 0.124 e. The third-order valence-electron chi connectivity index (χ3n) is 3.10. The third kappa shape index (κ3) is 2.72. The van der Waals surface area contributed by atoms with Gasteiger partial charge in [0.2, 0.25) is 0 Å². The molecule has 0 spiro atoms. The van der Waals surface area contributed by atoms with Gasteiger partial charge in [0.25, 0.3) is 0 Å². The predicted octanol–water partition coefficient (Wildman–Crippen LogP) is 3.32. The Bertz CT molecular complexity index is 592. The minimum Gasteiger partial charge on any atom is -0.382 e. The topological polar surface area (TPSA) is 50.9 Å². The van der Waals surface area contributed by atoms with Gasteiger partial charge in [-0.3, -0.25) is 9.67 Å². The normalized spacial score (nSPS) is 13.0. The molecule has 1 N–H and O–H groups in total. The standard InChI is InChI=1S/C14H18BrN3O/c1-8(2)18-13(12(15)7-16-18)14(19)11-6-5-9(3)17-10(11)4/h5-8,14,19H,1-4H3. The van der Waals surface area contributed by atoms with E-state index in [1.54, 1.807) is 6.20 Å². The summed E-state index contributed by atoms with van der Waals surface area (Å²) in [5, 5.41) is 14.9. The van der Waals surface area contributed by atoms with Gasteiger partial charge in [-0.2, -0.15) is 5.10 Å². The average Bonchev–Trinajstić information content (AvgIpc) is 2.70. The molecule has 0 saturated carbocycles. The van der Waals surface area contributed by atoms with Crippen LogP contribution in [0.2, 0.25) is 0 Å². The van der Waals surface area contributed by atoms with Gasteiger partial charge in [-0.1, -0.05) is 6.07 Å². The number of aliphatic hydroxyl groups is 1. The van der Waals surface area contributed by atoms with Crippen molar-refractivity contribution in [1.29, 1.82) is 0 Å². The molecule has 2 rings (SSSR count). The van der Waals surface area contributed by atoms with E-state index in [4.69, 9.17) is 0 Å². The van der Waals surface area contributed by atoms with Crippen LogP contribution >= 0.6 is 15.9 Å². The number of pyridine rings is 1. The molecule has 0 saturated heterocycles. The molecule has 5 heteroatoms. The van der Waals surface area contributed by atoms with Gasteiger partial charge in [-0.05, 0) is 49.7 Å². The molecule has 1 atom stereocenters. The number of aliphatic hydroxyl groups excluding tert-OH is 1. The van der Waals surface area contributed by atoms with Crippen molar-refractivity contribution in [2.75, 3.05) is 0 Å². The molecule has 2 aromatic heterocycles. The lowest BCUT2D eigenvalue weighted by Gasteiger charge is -2.18. The van der Waals surface area contributed by atoms with Gasteiger partial charge in [-0.25, -0.2) is 0 Å². The highest BCUT2D eigenvalue weighted by Gasteiger charge is 2.22. The highest BCUT2D eigenvalue weighted by molar-refractivity contribution is 9.10. The largest absolute Gasteiger partial charge is 0.382 e. The highest BCUT2D eigenvalue weighted by Crippen LogP contribution is 2.31. The van der Waals surface area contributed by atoms with E-state index in [0.29, 0.717) is 0 Å². The Morgan fingerprint density at radius 1 is 1.26 bits per heavy atom. The first-order chi connectivity index (χ1) is 8.91. The van der Waals surface area contributed by atoms with Crippen LogP contribution in [0, 0.1) is 13.8 Å². The lowest BCUT2D eigenvalue weighted by molar-refractivity contribution is 0.203. The van der Waals surface area contributed by atoms with Crippen molar-refractivity contribution in [3.05, 3.63) is 45.4 Å². The molecule has 0 bridgehead atoms. The number of hydrogen-bond acceptors (Lipinski definition) is 3. The van der Waals surface area contributed by atoms with E-state index in [2.05, 4.69) is 26.0 Å². The lowest BCUT2D eigenvalue weighted by Crippen LogP contribution is -2.14. The number of aromatic nitrogens is 3. The maximum atomic E-state index is 10.6. The summed E-state index contributed by atoms with van der Waals surface area (Å²) in [6.07, 6.45) is 0.988. The predicted molar refractivity (Wildman–Crippen MR) is 78.1 cm³/mol. The van der Waals surface area contributed by atoms with Crippen molar-refractivity contribution in [3.63, 3.8) is 0 Å². The van der Waals surface area contributed by atoms with Crippen LogP contribution in [0.3, 0.4) is 0 Å². The molecule has 19 heavy (non-hydrogen) atoms. The van der Waals surface area contributed by atoms with Gasteiger partial charge in [-0.15, -0.1) is 0 Å². The molecule has 0 fully saturated rings. The Balaban J connectivity index is 2.49. The van der Waals surface area contributed by atoms with Gasteiger partial charge < -0.3 is 5.11 Å². The van der Waals surface area contributed by atoms with Gasteiger partial charge in [0.1, 0.15) is 6.10 Å². The Morgan fingerprint density at radius 3 is 2.53 bits per heavy atom. The molecule has 2 aromatic rings. The Morgan fingerprint density at radius 2 is 1.95 bits per heavy atom. The first kappa shape index (κ1) is 14.2. The first-order valence-corrected chi connectivity index (χ1v) is 7.06. The van der Waals surface area contributed by atoms with E-state index >= 15 is 0 Å². The number of aryl methyl sites for hydroxylation is 2. The molecule has 0 aliphatic carbocycles. The van der Waals surface area contributed by atoms with Gasteiger partial charge in [0.05, 0.1) is 16.4 Å². The number of halogens is 1. The zero-order valence-electron chi connectivity index (χ0n) is 11.6. The van der Waals surface area contributed by atoms with Crippen molar-refractivity contribution < 1.29 is 5.11 Å². The Labute approximate surface area is 121 Å². The second-order valence-electron chi connectivity index (χ2n) is 4.95. The molecule has 0 aromatic carbocycles. The van der Waals surface area contributed by atoms with E-state index in [0.717, 1.165) is 27.1 Å². The maximum Gasteiger partial charge on any atom is 0.124 e. The van der Waals surface area contributed by atoms with E-state index < -0.39 is 6.10 Å². The molecule has 102 valence electrons. The van der Waals surface area contributed by atoms with Crippen LogP contribution in [0.25, 0.3) is 0 Å². The molecule has 1 unspecified atom stereocenters. The molecule has 0 radical (unpaired) electrons. The maximum absolute atomic E-state index is 10.6. The first-order valence-electron chi connectivity index (χ1n) is 6.27. The minimum absolute atomic E-state index is 0.190. The second kappa shape index (κ2) is 5.43. The van der Waals surface area contributed by atoms with Crippen LogP contribution in [-0.4, -0.2) is 19.9 Å². The van der Waals surface area contributed by atoms with E-state index in [-0.39, 0.29) is 6.04 Å². The molecule has 2 heterocycles. The average molecular weight is 324 g/mol. The summed E-state index contributed by atoms with van der Waals surface area (Å²) >= 11 is 3.46. The van der Waals surface area contributed by atoms with E-state index in [9.17, 15) is 5.11 Å². The summed E-state index contributed by atoms with van der Waals surface area (Å²) < 4.78 is 2.64. The summed E-state index contributed by atoms with van der Waals surface area (Å²) in [5.74, 6) is 0. The summed E-state index contributed by atoms with van der Waals surface area (Å²) in [6.45, 7) is 7.93. The quantitative estimate of drug-likeness (QED) is 0.942. The zero-order chi connectivity index (χ0) is 14.2. The van der Waals surface area contributed by atoms with Crippen LogP contribution in [0.4, 0.5) is 0 Å². The van der Waals surface area contributed by atoms with Crippen LogP contribution in [0.5, 0.6) is 0 Å². The summed E-state index contributed by atoms with van der Waals surface area (Å²) in [4.78, 5) is 4.40. The van der Waals surface area contributed by atoms with E-state index in [1.807, 2.05) is 44.5 Å². The Kier molecular flexibility index (Phi) is 4.06. The minimum atomic E-state index is -0.729. The fourth-order valence-corrected chi connectivity index (χ4v) is 2.64. The lowest BCUT2D eigenvalue weighted by atomic mass is 10.0. The van der Waals surface area contributed by atoms with Gasteiger partial charge >= 0.3 is 0 Å². The number of rotatable bonds is 3. The third-order valence-corrected chi connectivity index (χ3v) is 3.71. The Hall–Kier alpha value is -1.20. The highest BCUT2D eigenvalue weighted by atomic mass is 79.9. The molecule has 4 nitrogen and oxygen atoms in total. The number of hydrogen-bond donors (Lipinski definition) is 1. The van der Waals surface area contributed by atoms with Crippen LogP contribution < -0.4 is 0 Å². The summed E-state index contributed by atoms with van der Waals surface area (Å²) in [5.41, 5.74) is 3.37. The fourth-order valence-electron chi connectivity index (χ4n) is 2.15. The monoisotopic (exact) mass is 323 g/mol. The molecule has 0 aliphatic heterocycles. The zero-order valence-corrected chi connectivity index (χ0v) is 13.1. The van der Waals surface area contributed by atoms with Crippen molar-refractivity contribution in [2.24, 2.45) is 0 Å².